The number of aromatic amines is 1. The predicted molar refractivity (Wildman–Crippen MR) is 134 cm³/mol. The van der Waals surface area contributed by atoms with E-state index in [-0.39, 0.29) is 6.71 Å². The van der Waals surface area contributed by atoms with Gasteiger partial charge in [0.05, 0.1) is 7.11 Å². The summed E-state index contributed by atoms with van der Waals surface area (Å²) in [6.45, 7) is 4.21. The monoisotopic (exact) mass is 445 g/mol. The highest BCUT2D eigenvalue weighted by atomic mass is 16.5. The molecule has 0 radical (unpaired) electrons. The van der Waals surface area contributed by atoms with Crippen LogP contribution < -0.4 is 35.2 Å². The summed E-state index contributed by atoms with van der Waals surface area (Å²) in [6, 6.07) is 24.8. The highest BCUT2D eigenvalue weighted by molar-refractivity contribution is 6.98. The molecule has 4 aromatic carbocycles. The number of fused-ring (bicyclic) bond motifs is 6. The molecule has 34 heavy (non-hydrogen) atoms. The van der Waals surface area contributed by atoms with Crippen LogP contribution in [0.1, 0.15) is 11.4 Å². The number of hydrogen-bond donors (Lipinski definition) is 1. The molecule has 0 spiro atoms. The van der Waals surface area contributed by atoms with Gasteiger partial charge in [-0.25, -0.2) is 4.98 Å². The van der Waals surface area contributed by atoms with E-state index < -0.39 is 0 Å². The standard InChI is InChI=1S/C28H21BN2O3/c1-16-20(11-8-14-22(16)32-3)31-17(2)30-27-21(31)15-25-26-28(27)34-24-13-7-5-10-19(24)29(26)18-9-4-6-12-23(18)33-25/h4-15H,1-3H3/p+1. The van der Waals surface area contributed by atoms with E-state index in [1.54, 1.807) is 7.11 Å². The normalized spacial score (nSPS) is 13.0. The molecule has 0 unspecified atom stereocenters. The van der Waals surface area contributed by atoms with Crippen molar-refractivity contribution in [2.75, 3.05) is 7.11 Å². The van der Waals surface area contributed by atoms with Gasteiger partial charge in [-0.1, -0.05) is 42.5 Å². The zero-order valence-corrected chi connectivity index (χ0v) is 19.2. The first kappa shape index (κ1) is 19.3. The van der Waals surface area contributed by atoms with Crippen molar-refractivity contribution in [2.45, 2.75) is 13.8 Å². The number of hydrogen-bond acceptors (Lipinski definition) is 3. The number of para-hydroxylation sites is 2. The van der Waals surface area contributed by atoms with Crippen molar-refractivity contribution in [1.82, 2.24) is 4.98 Å². The van der Waals surface area contributed by atoms with Crippen molar-refractivity contribution < 1.29 is 18.8 Å². The van der Waals surface area contributed by atoms with Gasteiger partial charge in [-0.3, -0.25) is 0 Å². The minimum atomic E-state index is 0.0555. The average Bonchev–Trinajstić information content (AvgIpc) is 3.19. The van der Waals surface area contributed by atoms with Gasteiger partial charge in [0, 0.05) is 24.0 Å². The zero-order valence-electron chi connectivity index (χ0n) is 19.2. The van der Waals surface area contributed by atoms with E-state index in [2.05, 4.69) is 59.8 Å². The summed E-state index contributed by atoms with van der Waals surface area (Å²) in [7, 11) is 1.70. The summed E-state index contributed by atoms with van der Waals surface area (Å²) in [4.78, 5) is 3.61. The van der Waals surface area contributed by atoms with Crippen molar-refractivity contribution in [3.05, 3.63) is 84.2 Å². The van der Waals surface area contributed by atoms with Crippen LogP contribution in [0.3, 0.4) is 0 Å². The summed E-state index contributed by atoms with van der Waals surface area (Å²) in [5.41, 5.74) is 7.47. The fourth-order valence-electron chi connectivity index (χ4n) is 5.52. The topological polar surface area (TPSA) is 47.4 Å². The Kier molecular flexibility index (Phi) is 3.92. The quantitative estimate of drug-likeness (QED) is 0.326. The molecule has 164 valence electrons. The number of aryl methyl sites for hydroxylation is 1. The van der Waals surface area contributed by atoms with Crippen LogP contribution in [-0.4, -0.2) is 18.8 Å². The molecule has 0 atom stereocenters. The van der Waals surface area contributed by atoms with Crippen LogP contribution in [0.4, 0.5) is 0 Å². The number of nitrogens with one attached hydrogen (secondary N) is 1. The zero-order chi connectivity index (χ0) is 23.0. The number of rotatable bonds is 2. The minimum absolute atomic E-state index is 0.0555. The van der Waals surface area contributed by atoms with E-state index >= 15 is 0 Å². The lowest BCUT2D eigenvalue weighted by Gasteiger charge is -2.32. The van der Waals surface area contributed by atoms with E-state index in [0.717, 1.165) is 73.2 Å². The van der Waals surface area contributed by atoms with Crippen LogP contribution in [0.25, 0.3) is 16.7 Å². The number of benzene rings is 4. The first-order chi connectivity index (χ1) is 16.7. The second kappa shape index (κ2) is 6.91. The SMILES string of the molecule is COc1cccc(-[n+]2c(C)[nH]c3c4c5c(cc32)Oc2ccccc2B5c2ccccc2O4)c1C. The second-order valence-electron chi connectivity index (χ2n) is 8.87. The van der Waals surface area contributed by atoms with Gasteiger partial charge in [0.25, 0.3) is 12.5 Å². The molecule has 2 aliphatic heterocycles. The van der Waals surface area contributed by atoms with Gasteiger partial charge >= 0.3 is 0 Å². The molecular weight excluding hydrogens is 423 g/mol. The molecule has 0 saturated carbocycles. The van der Waals surface area contributed by atoms with Gasteiger partial charge in [-0.15, -0.1) is 0 Å². The molecule has 5 aromatic rings. The Morgan fingerprint density at radius 3 is 2.26 bits per heavy atom. The molecule has 1 aromatic heterocycles. The predicted octanol–water partition coefficient (Wildman–Crippen LogP) is 3.80. The van der Waals surface area contributed by atoms with Crippen molar-refractivity contribution in [1.29, 1.82) is 0 Å². The summed E-state index contributed by atoms with van der Waals surface area (Å²) in [5.74, 6) is 5.28. The van der Waals surface area contributed by atoms with Crippen molar-refractivity contribution >= 4 is 34.1 Å². The van der Waals surface area contributed by atoms with Crippen LogP contribution in [0.15, 0.2) is 72.8 Å². The molecule has 0 aliphatic carbocycles. The maximum atomic E-state index is 6.58. The highest BCUT2D eigenvalue weighted by Crippen LogP contribution is 2.39. The van der Waals surface area contributed by atoms with Crippen molar-refractivity contribution in [3.63, 3.8) is 0 Å². The van der Waals surface area contributed by atoms with Crippen molar-refractivity contribution in [3.8, 4) is 34.4 Å². The third kappa shape index (κ3) is 2.48. The van der Waals surface area contributed by atoms with E-state index in [0.29, 0.717) is 0 Å². The molecule has 0 bridgehead atoms. The number of H-pyrrole nitrogens is 1. The maximum Gasteiger partial charge on any atom is 0.260 e. The third-order valence-electron chi connectivity index (χ3n) is 7.04. The Morgan fingerprint density at radius 2 is 1.53 bits per heavy atom. The second-order valence-corrected chi connectivity index (χ2v) is 8.87. The lowest BCUT2D eigenvalue weighted by atomic mass is 9.35. The third-order valence-corrected chi connectivity index (χ3v) is 7.04. The molecule has 3 heterocycles. The first-order valence-electron chi connectivity index (χ1n) is 11.4. The van der Waals surface area contributed by atoms with Crippen LogP contribution in [0, 0.1) is 13.8 Å². The first-order valence-corrected chi connectivity index (χ1v) is 11.4. The van der Waals surface area contributed by atoms with Gasteiger partial charge in [0.2, 0.25) is 5.52 Å². The number of nitrogens with zero attached hydrogens (tertiary/aromatic N) is 1. The highest BCUT2D eigenvalue weighted by Gasteiger charge is 2.42. The summed E-state index contributed by atoms with van der Waals surface area (Å²) in [6.07, 6.45) is 0. The van der Waals surface area contributed by atoms with Gasteiger partial charge in [-0.05, 0) is 42.1 Å². The van der Waals surface area contributed by atoms with E-state index in [1.807, 2.05) is 36.4 Å². The smallest absolute Gasteiger partial charge is 0.260 e. The number of ether oxygens (including phenoxy) is 3. The maximum absolute atomic E-state index is 6.58. The number of methoxy groups -OCH3 is 1. The average molecular weight is 445 g/mol. The van der Waals surface area contributed by atoms with Gasteiger partial charge in [-0.2, -0.15) is 4.57 Å². The molecule has 1 N–H and O–H groups in total. The van der Waals surface area contributed by atoms with E-state index in [9.17, 15) is 0 Å². The molecule has 7 rings (SSSR count). The number of aromatic nitrogens is 2. The van der Waals surface area contributed by atoms with E-state index in [1.165, 1.54) is 0 Å². The fraction of sp³-hybridized carbons (Fsp3) is 0.107. The van der Waals surface area contributed by atoms with Crippen LogP contribution in [0.2, 0.25) is 0 Å². The molecule has 5 nitrogen and oxygen atoms in total. The lowest BCUT2D eigenvalue weighted by Crippen LogP contribution is -2.57. The van der Waals surface area contributed by atoms with Gasteiger partial charge in [0.15, 0.2) is 11.3 Å². The van der Waals surface area contributed by atoms with Gasteiger partial charge < -0.3 is 14.2 Å². The number of imidazole rings is 1. The van der Waals surface area contributed by atoms with Gasteiger partial charge in [0.1, 0.15) is 28.7 Å². The Balaban J connectivity index is 1.56. The molecule has 0 saturated heterocycles. The Morgan fingerprint density at radius 1 is 0.824 bits per heavy atom. The molecular formula is C28H22BN2O3+. The van der Waals surface area contributed by atoms with E-state index in [4.69, 9.17) is 14.2 Å². The lowest BCUT2D eigenvalue weighted by molar-refractivity contribution is -0.574. The minimum Gasteiger partial charge on any atom is -0.496 e. The van der Waals surface area contributed by atoms with Crippen LogP contribution >= 0.6 is 0 Å². The summed E-state index contributed by atoms with van der Waals surface area (Å²) in [5, 5.41) is 0. The molecule has 6 heteroatoms. The largest absolute Gasteiger partial charge is 0.496 e. The van der Waals surface area contributed by atoms with Crippen LogP contribution in [-0.2, 0) is 0 Å². The molecule has 0 fully saturated rings. The Labute approximate surface area is 197 Å². The van der Waals surface area contributed by atoms with Crippen LogP contribution in [0.5, 0.6) is 28.7 Å². The summed E-state index contributed by atoms with van der Waals surface area (Å²) >= 11 is 0. The Bertz CT molecular complexity index is 1630. The van der Waals surface area contributed by atoms with Crippen molar-refractivity contribution in [2.24, 2.45) is 0 Å². The fourth-order valence-corrected chi connectivity index (χ4v) is 5.52. The Hall–Kier alpha value is -4.19. The molecule has 0 amide bonds. The summed E-state index contributed by atoms with van der Waals surface area (Å²) < 4.78 is 20.9. The molecule has 2 aliphatic rings.